The highest BCUT2D eigenvalue weighted by atomic mass is 16.5. The van der Waals surface area contributed by atoms with Crippen molar-refractivity contribution in [3.8, 4) is 17.2 Å². The van der Waals surface area contributed by atoms with E-state index in [1.807, 2.05) is 0 Å². The Morgan fingerprint density at radius 1 is 1.19 bits per heavy atom. The van der Waals surface area contributed by atoms with E-state index < -0.39 is 17.9 Å². The molecule has 0 aromatic heterocycles. The van der Waals surface area contributed by atoms with E-state index in [0.717, 1.165) is 0 Å². The molecule has 0 radical (unpaired) electrons. The topological polar surface area (TPSA) is 120 Å². The van der Waals surface area contributed by atoms with Crippen LogP contribution in [0.1, 0.15) is 10.4 Å². The summed E-state index contributed by atoms with van der Waals surface area (Å²) in [7, 11) is 4.30. The maximum Gasteiger partial charge on any atom is 0.251 e. The lowest BCUT2D eigenvalue weighted by molar-refractivity contribution is -0.125. The van der Waals surface area contributed by atoms with Crippen LogP contribution in [0.5, 0.6) is 17.2 Å². The predicted molar refractivity (Wildman–Crippen MR) is 73.6 cm³/mol. The van der Waals surface area contributed by atoms with Crippen LogP contribution in [-0.2, 0) is 4.79 Å². The summed E-state index contributed by atoms with van der Waals surface area (Å²) < 4.78 is 15.4. The monoisotopic (exact) mass is 298 g/mol. The van der Waals surface area contributed by atoms with Gasteiger partial charge >= 0.3 is 0 Å². The summed E-state index contributed by atoms with van der Waals surface area (Å²) in [6, 6.07) is 2.90. The molecule has 0 saturated heterocycles. The standard InChI is InChI=1S/C13H18N2O6/c1-19-9-4-7(5-10(20-2)11(9)21-3)13(18)15-6-8(16)12(14)17/h4-5,8,16H,6H2,1-3H3,(H2,14,17)(H,15,18). The summed E-state index contributed by atoms with van der Waals surface area (Å²) in [6.45, 7) is -0.287. The molecule has 0 saturated carbocycles. The van der Waals surface area contributed by atoms with Crippen LogP contribution in [0.4, 0.5) is 0 Å². The van der Waals surface area contributed by atoms with E-state index in [1.165, 1.54) is 33.5 Å². The van der Waals surface area contributed by atoms with Crippen molar-refractivity contribution in [1.29, 1.82) is 0 Å². The van der Waals surface area contributed by atoms with Gasteiger partial charge in [0.15, 0.2) is 11.5 Å². The fraction of sp³-hybridized carbons (Fsp3) is 0.385. The Morgan fingerprint density at radius 3 is 2.10 bits per heavy atom. The van der Waals surface area contributed by atoms with Gasteiger partial charge < -0.3 is 30.4 Å². The number of carbonyl (C=O) groups is 2. The molecular weight excluding hydrogens is 280 g/mol. The highest BCUT2D eigenvalue weighted by Crippen LogP contribution is 2.38. The summed E-state index contributed by atoms with van der Waals surface area (Å²) in [5.41, 5.74) is 5.12. The van der Waals surface area contributed by atoms with Crippen LogP contribution in [0, 0.1) is 0 Å². The molecule has 1 rings (SSSR count). The number of aliphatic hydroxyl groups excluding tert-OH is 1. The molecule has 0 heterocycles. The molecule has 1 unspecified atom stereocenters. The van der Waals surface area contributed by atoms with Crippen LogP contribution in [-0.4, -0.2) is 50.9 Å². The number of nitrogens with two attached hydrogens (primary N) is 1. The van der Waals surface area contributed by atoms with Gasteiger partial charge in [0.1, 0.15) is 6.10 Å². The number of primary amides is 1. The zero-order chi connectivity index (χ0) is 16.0. The number of nitrogens with one attached hydrogen (secondary N) is 1. The molecule has 1 aromatic rings. The number of aliphatic hydroxyl groups is 1. The van der Waals surface area contributed by atoms with Crippen LogP contribution in [0.3, 0.4) is 0 Å². The van der Waals surface area contributed by atoms with Crippen LogP contribution < -0.4 is 25.3 Å². The number of hydrogen-bond acceptors (Lipinski definition) is 6. The van der Waals surface area contributed by atoms with Crippen molar-refractivity contribution in [3.05, 3.63) is 17.7 Å². The number of benzene rings is 1. The van der Waals surface area contributed by atoms with Crippen molar-refractivity contribution in [2.75, 3.05) is 27.9 Å². The van der Waals surface area contributed by atoms with Gasteiger partial charge in [-0.3, -0.25) is 9.59 Å². The van der Waals surface area contributed by atoms with E-state index in [9.17, 15) is 14.7 Å². The van der Waals surface area contributed by atoms with Gasteiger partial charge in [-0.15, -0.1) is 0 Å². The molecule has 116 valence electrons. The second kappa shape index (κ2) is 7.34. The number of ether oxygens (including phenoxy) is 3. The normalized spacial score (nSPS) is 11.4. The number of methoxy groups -OCH3 is 3. The van der Waals surface area contributed by atoms with Crippen LogP contribution >= 0.6 is 0 Å². The summed E-state index contributed by atoms with van der Waals surface area (Å²) in [4.78, 5) is 22.7. The fourth-order valence-electron chi connectivity index (χ4n) is 1.60. The van der Waals surface area contributed by atoms with Gasteiger partial charge in [-0.1, -0.05) is 0 Å². The Labute approximate surface area is 121 Å². The molecule has 8 nitrogen and oxygen atoms in total. The first-order valence-corrected chi connectivity index (χ1v) is 6.00. The quantitative estimate of drug-likeness (QED) is 0.611. The molecule has 0 spiro atoms. The van der Waals surface area contributed by atoms with E-state index >= 15 is 0 Å². The lowest BCUT2D eigenvalue weighted by atomic mass is 10.1. The van der Waals surface area contributed by atoms with Crippen molar-refractivity contribution in [2.45, 2.75) is 6.10 Å². The summed E-state index contributed by atoms with van der Waals surface area (Å²) in [6.07, 6.45) is -1.45. The minimum Gasteiger partial charge on any atom is -0.493 e. The Balaban J connectivity index is 2.97. The maximum absolute atomic E-state index is 12.0. The fourth-order valence-corrected chi connectivity index (χ4v) is 1.60. The van der Waals surface area contributed by atoms with Crippen molar-refractivity contribution in [1.82, 2.24) is 5.32 Å². The Morgan fingerprint density at radius 2 is 1.71 bits per heavy atom. The zero-order valence-electron chi connectivity index (χ0n) is 12.0. The van der Waals surface area contributed by atoms with Crippen molar-refractivity contribution in [3.63, 3.8) is 0 Å². The number of hydrogen-bond donors (Lipinski definition) is 3. The molecule has 1 atom stereocenters. The van der Waals surface area contributed by atoms with E-state index in [4.69, 9.17) is 19.9 Å². The minimum atomic E-state index is -1.45. The van der Waals surface area contributed by atoms with Gasteiger partial charge in [0.05, 0.1) is 27.9 Å². The lowest BCUT2D eigenvalue weighted by Gasteiger charge is -2.14. The third kappa shape index (κ3) is 3.99. The molecule has 1 aromatic carbocycles. The predicted octanol–water partition coefficient (Wildman–Crippen LogP) is -0.712. The smallest absolute Gasteiger partial charge is 0.251 e. The van der Waals surface area contributed by atoms with Crippen molar-refractivity contribution in [2.24, 2.45) is 5.73 Å². The van der Waals surface area contributed by atoms with Gasteiger partial charge in [0, 0.05) is 5.56 Å². The molecule has 0 fully saturated rings. The average Bonchev–Trinajstić information content (AvgIpc) is 2.50. The van der Waals surface area contributed by atoms with Crippen LogP contribution in [0.25, 0.3) is 0 Å². The van der Waals surface area contributed by atoms with E-state index in [-0.39, 0.29) is 12.1 Å². The molecule has 0 aliphatic heterocycles. The lowest BCUT2D eigenvalue weighted by Crippen LogP contribution is -2.39. The summed E-state index contributed by atoms with van der Waals surface area (Å²) in [5.74, 6) is -0.446. The highest BCUT2D eigenvalue weighted by Gasteiger charge is 2.18. The Kier molecular flexibility index (Phi) is 5.79. The third-order valence-corrected chi connectivity index (χ3v) is 2.71. The van der Waals surface area contributed by atoms with Crippen molar-refractivity contribution < 1.29 is 28.9 Å². The summed E-state index contributed by atoms with van der Waals surface area (Å²) in [5, 5.41) is 11.6. The molecule has 21 heavy (non-hydrogen) atoms. The van der Waals surface area contributed by atoms with E-state index in [2.05, 4.69) is 5.32 Å². The van der Waals surface area contributed by atoms with Gasteiger partial charge in [0.2, 0.25) is 11.7 Å². The van der Waals surface area contributed by atoms with Crippen molar-refractivity contribution >= 4 is 11.8 Å². The SMILES string of the molecule is COc1cc(C(=O)NCC(O)C(N)=O)cc(OC)c1OC. The molecule has 8 heteroatoms. The first kappa shape index (κ1) is 16.6. The molecule has 0 bridgehead atoms. The zero-order valence-corrected chi connectivity index (χ0v) is 12.0. The maximum atomic E-state index is 12.0. The number of carbonyl (C=O) groups excluding carboxylic acids is 2. The first-order chi connectivity index (χ1) is 9.94. The average molecular weight is 298 g/mol. The Hall–Kier alpha value is -2.48. The molecule has 0 aliphatic rings. The van der Waals surface area contributed by atoms with Gasteiger partial charge in [-0.2, -0.15) is 0 Å². The van der Waals surface area contributed by atoms with Gasteiger partial charge in [-0.05, 0) is 12.1 Å². The van der Waals surface area contributed by atoms with Crippen LogP contribution in [0.15, 0.2) is 12.1 Å². The second-order valence-electron chi connectivity index (χ2n) is 4.04. The number of rotatable bonds is 7. The molecule has 4 N–H and O–H groups in total. The second-order valence-corrected chi connectivity index (χ2v) is 4.04. The van der Waals surface area contributed by atoms with E-state index in [1.54, 1.807) is 0 Å². The van der Waals surface area contributed by atoms with Crippen LogP contribution in [0.2, 0.25) is 0 Å². The minimum absolute atomic E-state index is 0.223. The largest absolute Gasteiger partial charge is 0.493 e. The van der Waals surface area contributed by atoms with Gasteiger partial charge in [-0.25, -0.2) is 0 Å². The molecular formula is C13H18N2O6. The molecule has 0 aliphatic carbocycles. The Bertz CT molecular complexity index is 506. The third-order valence-electron chi connectivity index (χ3n) is 2.71. The van der Waals surface area contributed by atoms with Gasteiger partial charge in [0.25, 0.3) is 5.91 Å². The summed E-state index contributed by atoms with van der Waals surface area (Å²) >= 11 is 0. The number of amides is 2. The first-order valence-electron chi connectivity index (χ1n) is 6.00. The van der Waals surface area contributed by atoms with E-state index in [0.29, 0.717) is 17.2 Å². The highest BCUT2D eigenvalue weighted by molar-refractivity contribution is 5.96. The molecule has 2 amide bonds.